The van der Waals surface area contributed by atoms with Crippen LogP contribution >= 0.6 is 0 Å². The van der Waals surface area contributed by atoms with Crippen molar-refractivity contribution in [3.05, 3.63) is 0 Å². The maximum atomic E-state index is 11.4. The Hall–Kier alpha value is -0.570. The Morgan fingerprint density at radius 1 is 1.50 bits per heavy atom. The Kier molecular flexibility index (Phi) is 1.83. The number of hydrogen-bond donors (Lipinski definition) is 0. The smallest absolute Gasteiger partial charge is 0.316 e. The average Bonchev–Trinajstić information content (AvgIpc) is 1.91. The van der Waals surface area contributed by atoms with Gasteiger partial charge in [-0.05, 0) is 18.8 Å². The summed E-state index contributed by atoms with van der Waals surface area (Å²) in [4.78, 5) is 11.4. The third-order valence-corrected chi connectivity index (χ3v) is 3.20. The van der Waals surface area contributed by atoms with Crippen molar-refractivity contribution in [2.75, 3.05) is 20.3 Å². The van der Waals surface area contributed by atoms with E-state index in [0.717, 1.165) is 0 Å². The minimum Gasteiger partial charge on any atom is -0.468 e. The predicted octanol–water partition coefficient (Wildman–Crippen LogP) is 0.976. The lowest BCUT2D eigenvalue weighted by Crippen LogP contribution is -2.56. The average molecular weight is 170 g/mol. The van der Waals surface area contributed by atoms with Gasteiger partial charge in [-0.2, -0.15) is 0 Å². The molecule has 1 heterocycles. The molecule has 0 aromatic carbocycles. The van der Waals surface area contributed by atoms with E-state index in [-0.39, 0.29) is 11.4 Å². The third kappa shape index (κ3) is 0.891. The number of carbonyl (C=O) groups is 1. The van der Waals surface area contributed by atoms with E-state index in [1.807, 2.05) is 0 Å². The zero-order valence-corrected chi connectivity index (χ0v) is 7.34. The molecular formula is C9H14O3. The molecule has 1 saturated carbocycles. The highest BCUT2D eigenvalue weighted by Crippen LogP contribution is 2.47. The second-order valence-corrected chi connectivity index (χ2v) is 3.77. The summed E-state index contributed by atoms with van der Waals surface area (Å²) in [7, 11) is 1.46. The molecule has 3 heteroatoms. The normalized spacial score (nSPS) is 27.1. The summed E-state index contributed by atoms with van der Waals surface area (Å²) < 4.78 is 9.91. The van der Waals surface area contributed by atoms with Gasteiger partial charge >= 0.3 is 5.97 Å². The number of ether oxygens (including phenoxy) is 2. The number of carbonyl (C=O) groups excluding carboxylic acids is 1. The van der Waals surface area contributed by atoms with E-state index in [4.69, 9.17) is 9.47 Å². The first-order chi connectivity index (χ1) is 5.79. The van der Waals surface area contributed by atoms with Crippen molar-refractivity contribution in [1.29, 1.82) is 0 Å². The quantitative estimate of drug-likeness (QED) is 0.579. The van der Waals surface area contributed by atoms with Crippen molar-refractivity contribution in [2.24, 2.45) is 11.3 Å². The van der Waals surface area contributed by atoms with Crippen LogP contribution in [0.3, 0.4) is 0 Å². The molecule has 68 valence electrons. The van der Waals surface area contributed by atoms with E-state index in [2.05, 4.69) is 0 Å². The maximum Gasteiger partial charge on any atom is 0.316 e. The van der Waals surface area contributed by atoms with Gasteiger partial charge in [-0.3, -0.25) is 4.79 Å². The van der Waals surface area contributed by atoms with Crippen LogP contribution < -0.4 is 0 Å². The molecule has 0 spiro atoms. The largest absolute Gasteiger partial charge is 0.468 e. The lowest BCUT2D eigenvalue weighted by Gasteiger charge is -2.48. The van der Waals surface area contributed by atoms with E-state index in [1.54, 1.807) is 0 Å². The summed E-state index contributed by atoms with van der Waals surface area (Å²) in [5.74, 6) is 0.456. The fourth-order valence-electron chi connectivity index (χ4n) is 2.01. The van der Waals surface area contributed by atoms with Gasteiger partial charge in [0.2, 0.25) is 0 Å². The van der Waals surface area contributed by atoms with Crippen molar-refractivity contribution in [2.45, 2.75) is 19.3 Å². The molecule has 3 nitrogen and oxygen atoms in total. The van der Waals surface area contributed by atoms with Crippen molar-refractivity contribution in [3.8, 4) is 0 Å². The van der Waals surface area contributed by atoms with Gasteiger partial charge in [0.05, 0.1) is 20.3 Å². The summed E-state index contributed by atoms with van der Waals surface area (Å²) in [6, 6.07) is 0. The zero-order valence-electron chi connectivity index (χ0n) is 7.34. The molecule has 0 atom stereocenters. The molecule has 0 N–H and O–H groups in total. The van der Waals surface area contributed by atoms with Crippen molar-refractivity contribution >= 4 is 5.97 Å². The summed E-state index contributed by atoms with van der Waals surface area (Å²) in [5, 5.41) is 0. The summed E-state index contributed by atoms with van der Waals surface area (Å²) in [6.45, 7) is 1.15. The molecule has 1 aliphatic heterocycles. The minimum absolute atomic E-state index is 0.0709. The van der Waals surface area contributed by atoms with E-state index < -0.39 is 0 Å². The molecule has 1 aliphatic carbocycles. The molecule has 2 aliphatic rings. The summed E-state index contributed by atoms with van der Waals surface area (Å²) in [6.07, 6.45) is 3.58. The Morgan fingerprint density at radius 3 is 2.42 bits per heavy atom. The third-order valence-electron chi connectivity index (χ3n) is 3.20. The predicted molar refractivity (Wildman–Crippen MR) is 42.6 cm³/mol. The molecule has 0 bridgehead atoms. The van der Waals surface area contributed by atoms with E-state index in [1.165, 1.54) is 26.4 Å². The highest BCUT2D eigenvalue weighted by atomic mass is 16.5. The molecule has 0 unspecified atom stereocenters. The second kappa shape index (κ2) is 2.73. The van der Waals surface area contributed by atoms with Crippen LogP contribution in [0.4, 0.5) is 0 Å². The molecule has 2 fully saturated rings. The molecule has 0 amide bonds. The van der Waals surface area contributed by atoms with Gasteiger partial charge in [-0.25, -0.2) is 0 Å². The van der Waals surface area contributed by atoms with Crippen LogP contribution in [0.25, 0.3) is 0 Å². The molecule has 12 heavy (non-hydrogen) atoms. The van der Waals surface area contributed by atoms with Gasteiger partial charge in [0.25, 0.3) is 0 Å². The van der Waals surface area contributed by atoms with Crippen LogP contribution in [0, 0.1) is 11.3 Å². The first-order valence-corrected chi connectivity index (χ1v) is 4.46. The summed E-state index contributed by atoms with van der Waals surface area (Å²) >= 11 is 0. The van der Waals surface area contributed by atoms with Crippen molar-refractivity contribution < 1.29 is 14.3 Å². The standard InChI is InChI=1S/C9H14O3/c1-11-8(10)9(5-12-6-9)7-3-2-4-7/h7H,2-6H2,1H3. The fraction of sp³-hybridized carbons (Fsp3) is 0.889. The topological polar surface area (TPSA) is 35.5 Å². The van der Waals surface area contributed by atoms with Crippen LogP contribution in [-0.4, -0.2) is 26.3 Å². The Balaban J connectivity index is 2.07. The molecule has 0 aromatic rings. The molecule has 1 saturated heterocycles. The summed E-state index contributed by atoms with van der Waals surface area (Å²) in [5.41, 5.74) is -0.257. The van der Waals surface area contributed by atoms with Gasteiger partial charge in [0.15, 0.2) is 0 Å². The molecular weight excluding hydrogens is 156 g/mol. The lowest BCUT2D eigenvalue weighted by atomic mass is 9.64. The number of esters is 1. The first kappa shape index (κ1) is 8.05. The van der Waals surface area contributed by atoms with Gasteiger partial charge in [-0.1, -0.05) is 6.42 Å². The lowest BCUT2D eigenvalue weighted by molar-refractivity contribution is -0.202. The number of hydrogen-bond acceptors (Lipinski definition) is 3. The van der Waals surface area contributed by atoms with Crippen LogP contribution in [0.2, 0.25) is 0 Å². The van der Waals surface area contributed by atoms with Crippen LogP contribution in [0.15, 0.2) is 0 Å². The van der Waals surface area contributed by atoms with Gasteiger partial charge in [-0.15, -0.1) is 0 Å². The number of methoxy groups -OCH3 is 1. The first-order valence-electron chi connectivity index (χ1n) is 4.46. The zero-order chi connectivity index (χ0) is 8.60. The molecule has 0 radical (unpaired) electrons. The van der Waals surface area contributed by atoms with Crippen LogP contribution in [-0.2, 0) is 14.3 Å². The monoisotopic (exact) mass is 170 g/mol. The Bertz CT molecular complexity index is 192. The van der Waals surface area contributed by atoms with E-state index in [0.29, 0.717) is 19.1 Å². The Labute approximate surface area is 72.0 Å². The molecule has 0 aromatic heterocycles. The van der Waals surface area contributed by atoms with Crippen LogP contribution in [0.1, 0.15) is 19.3 Å². The minimum atomic E-state index is -0.257. The van der Waals surface area contributed by atoms with E-state index in [9.17, 15) is 4.79 Å². The van der Waals surface area contributed by atoms with Gasteiger partial charge in [0, 0.05) is 0 Å². The fourth-order valence-corrected chi connectivity index (χ4v) is 2.01. The van der Waals surface area contributed by atoms with Gasteiger partial charge in [0.1, 0.15) is 5.41 Å². The van der Waals surface area contributed by atoms with Crippen LogP contribution in [0.5, 0.6) is 0 Å². The maximum absolute atomic E-state index is 11.4. The highest BCUT2D eigenvalue weighted by Gasteiger charge is 2.54. The highest BCUT2D eigenvalue weighted by molar-refractivity contribution is 5.78. The van der Waals surface area contributed by atoms with Gasteiger partial charge < -0.3 is 9.47 Å². The molecule has 2 rings (SSSR count). The van der Waals surface area contributed by atoms with Crippen molar-refractivity contribution in [1.82, 2.24) is 0 Å². The second-order valence-electron chi connectivity index (χ2n) is 3.77. The number of rotatable bonds is 2. The van der Waals surface area contributed by atoms with Crippen molar-refractivity contribution in [3.63, 3.8) is 0 Å². The van der Waals surface area contributed by atoms with E-state index >= 15 is 0 Å². The SMILES string of the molecule is COC(=O)C1(C2CCC2)COC1. The Morgan fingerprint density at radius 2 is 2.17 bits per heavy atom.